The molecule has 0 N–H and O–H groups in total. The molecule has 32 heavy (non-hydrogen) atoms. The highest BCUT2D eigenvalue weighted by molar-refractivity contribution is 7.22. The first-order valence-corrected chi connectivity index (χ1v) is 11.2. The number of fused-ring (bicyclic) bond motifs is 2. The molecule has 0 radical (unpaired) electrons. The Morgan fingerprint density at radius 1 is 1.00 bits per heavy atom. The van der Waals surface area contributed by atoms with Gasteiger partial charge in [0, 0.05) is 0 Å². The molecule has 2 aromatic heterocycles. The van der Waals surface area contributed by atoms with E-state index in [0.29, 0.717) is 20.4 Å². The number of hydrazone groups is 1. The molecule has 0 aliphatic carbocycles. The van der Waals surface area contributed by atoms with Gasteiger partial charge < -0.3 is 4.74 Å². The van der Waals surface area contributed by atoms with Crippen LogP contribution in [0.5, 0.6) is 5.75 Å². The summed E-state index contributed by atoms with van der Waals surface area (Å²) in [6.45, 7) is 0. The summed E-state index contributed by atoms with van der Waals surface area (Å²) in [5.74, 6) is -0.0493. The Balaban J connectivity index is 1.56. The van der Waals surface area contributed by atoms with Gasteiger partial charge in [0.05, 0.1) is 33.8 Å². The predicted octanol–water partition coefficient (Wildman–Crippen LogP) is 5.73. The molecule has 2 heterocycles. The van der Waals surface area contributed by atoms with Gasteiger partial charge >= 0.3 is 5.91 Å². The zero-order valence-electron chi connectivity index (χ0n) is 16.7. The van der Waals surface area contributed by atoms with E-state index in [1.54, 1.807) is 19.4 Å². The smallest absolute Gasteiger partial charge is 0.309 e. The van der Waals surface area contributed by atoms with Crippen molar-refractivity contribution in [1.82, 2.24) is 9.97 Å². The van der Waals surface area contributed by atoms with Crippen molar-refractivity contribution in [1.29, 1.82) is 0 Å². The van der Waals surface area contributed by atoms with Crippen LogP contribution in [0.1, 0.15) is 15.4 Å². The fourth-order valence-electron chi connectivity index (χ4n) is 3.03. The molecule has 6 nitrogen and oxygen atoms in total. The van der Waals surface area contributed by atoms with Gasteiger partial charge in [-0.15, -0.1) is 11.3 Å². The summed E-state index contributed by atoms with van der Waals surface area (Å²) in [6.07, 6.45) is 1.57. The van der Waals surface area contributed by atoms with Gasteiger partial charge in [-0.2, -0.15) is 10.1 Å². The number of carbonyl (C=O) groups is 1. The van der Waals surface area contributed by atoms with Gasteiger partial charge in [-0.25, -0.2) is 14.4 Å². The number of hydrogen-bond donors (Lipinski definition) is 0. The Bertz CT molecular complexity index is 1430. The summed E-state index contributed by atoms with van der Waals surface area (Å²) in [5.41, 5.74) is 2.11. The minimum Gasteiger partial charge on any atom is -0.497 e. The average Bonchev–Trinajstić information content (AvgIpc) is 3.43. The number of halogens is 1. The number of anilines is 1. The minimum absolute atomic E-state index is 0.295. The van der Waals surface area contributed by atoms with Crippen LogP contribution >= 0.6 is 22.7 Å². The van der Waals surface area contributed by atoms with Crippen LogP contribution < -0.4 is 9.75 Å². The first-order valence-electron chi connectivity index (χ1n) is 9.55. The van der Waals surface area contributed by atoms with Crippen LogP contribution in [-0.4, -0.2) is 29.2 Å². The Kier molecular flexibility index (Phi) is 5.34. The van der Waals surface area contributed by atoms with Crippen molar-refractivity contribution in [2.24, 2.45) is 5.10 Å². The standard InChI is InChI=1S/C23H15FN4O2S2/c1-30-16-9-6-14(7-10-16)13-25-28(23-27-18-11-8-15(24)12-20(18)32-23)22(29)21-26-17-4-2-3-5-19(17)31-21/h2-13H,1H3/b25-13+. The van der Waals surface area contributed by atoms with Gasteiger partial charge in [0.15, 0.2) is 5.01 Å². The van der Waals surface area contributed by atoms with E-state index in [4.69, 9.17) is 4.74 Å². The van der Waals surface area contributed by atoms with Crippen LogP contribution in [0.25, 0.3) is 20.4 Å². The number of para-hydroxylation sites is 1. The van der Waals surface area contributed by atoms with Crippen molar-refractivity contribution in [2.75, 3.05) is 12.1 Å². The zero-order chi connectivity index (χ0) is 22.1. The largest absolute Gasteiger partial charge is 0.497 e. The lowest BCUT2D eigenvalue weighted by molar-refractivity contribution is 0.0987. The SMILES string of the molecule is COc1ccc(/C=N/N(C(=O)c2nc3ccccc3s2)c2nc3ccc(F)cc3s2)cc1. The van der Waals surface area contributed by atoms with Gasteiger partial charge in [-0.05, 0) is 60.2 Å². The highest BCUT2D eigenvalue weighted by atomic mass is 32.1. The number of benzene rings is 3. The molecule has 0 aliphatic rings. The molecule has 0 atom stereocenters. The van der Waals surface area contributed by atoms with E-state index in [1.807, 2.05) is 48.5 Å². The number of carbonyl (C=O) groups excluding carboxylic acids is 1. The molecule has 5 aromatic rings. The predicted molar refractivity (Wildman–Crippen MR) is 127 cm³/mol. The molecule has 0 saturated heterocycles. The molecule has 3 aromatic carbocycles. The van der Waals surface area contributed by atoms with Crippen LogP contribution in [0.2, 0.25) is 0 Å². The van der Waals surface area contributed by atoms with Crippen molar-refractivity contribution in [2.45, 2.75) is 0 Å². The normalized spacial score (nSPS) is 11.4. The second-order valence-corrected chi connectivity index (χ2v) is 8.77. The van der Waals surface area contributed by atoms with Crippen molar-refractivity contribution < 1.29 is 13.9 Å². The monoisotopic (exact) mass is 462 g/mol. The highest BCUT2D eigenvalue weighted by Gasteiger charge is 2.24. The maximum atomic E-state index is 13.7. The summed E-state index contributed by atoms with van der Waals surface area (Å²) < 4.78 is 20.4. The Morgan fingerprint density at radius 3 is 2.56 bits per heavy atom. The molecule has 9 heteroatoms. The summed E-state index contributed by atoms with van der Waals surface area (Å²) in [5, 5.41) is 6.26. The molecule has 0 aliphatic heterocycles. The van der Waals surface area contributed by atoms with E-state index < -0.39 is 5.91 Å². The van der Waals surface area contributed by atoms with Crippen LogP contribution in [0.3, 0.4) is 0 Å². The third kappa shape index (κ3) is 3.95. The van der Waals surface area contributed by atoms with Gasteiger partial charge in [-0.1, -0.05) is 23.5 Å². The first-order chi connectivity index (χ1) is 15.6. The summed E-state index contributed by atoms with van der Waals surface area (Å²) in [4.78, 5) is 22.4. The van der Waals surface area contributed by atoms with E-state index in [9.17, 15) is 9.18 Å². The highest BCUT2D eigenvalue weighted by Crippen LogP contribution is 2.32. The Morgan fingerprint density at radius 2 is 1.78 bits per heavy atom. The van der Waals surface area contributed by atoms with E-state index in [0.717, 1.165) is 21.5 Å². The number of ether oxygens (including phenoxy) is 1. The molecule has 0 saturated carbocycles. The fourth-order valence-corrected chi connectivity index (χ4v) is 4.87. The van der Waals surface area contributed by atoms with Gasteiger partial charge in [-0.3, -0.25) is 4.79 Å². The lowest BCUT2D eigenvalue weighted by atomic mass is 10.2. The number of nitrogens with zero attached hydrogens (tertiary/aromatic N) is 4. The molecule has 0 bridgehead atoms. The first kappa shape index (κ1) is 20.2. The number of amides is 1. The van der Waals surface area contributed by atoms with Crippen molar-refractivity contribution in [3.63, 3.8) is 0 Å². The van der Waals surface area contributed by atoms with E-state index in [-0.39, 0.29) is 5.82 Å². The minimum atomic E-state index is -0.407. The van der Waals surface area contributed by atoms with E-state index in [1.165, 1.54) is 39.8 Å². The number of hydrogen-bond acceptors (Lipinski definition) is 7. The van der Waals surface area contributed by atoms with Gasteiger partial charge in [0.2, 0.25) is 5.13 Å². The third-order valence-corrected chi connectivity index (χ3v) is 6.65. The number of rotatable bonds is 5. The summed E-state index contributed by atoms with van der Waals surface area (Å²) in [6, 6.07) is 19.1. The molecular weight excluding hydrogens is 447 g/mol. The van der Waals surface area contributed by atoms with E-state index in [2.05, 4.69) is 15.1 Å². The number of aromatic nitrogens is 2. The van der Waals surface area contributed by atoms with E-state index >= 15 is 0 Å². The van der Waals surface area contributed by atoms with Crippen molar-refractivity contribution in [3.05, 3.63) is 83.1 Å². The lowest BCUT2D eigenvalue weighted by Crippen LogP contribution is -2.25. The van der Waals surface area contributed by atoms with Gasteiger partial charge in [0.1, 0.15) is 11.6 Å². The molecule has 0 unspecified atom stereocenters. The molecule has 1 amide bonds. The van der Waals surface area contributed by atoms with Crippen molar-refractivity contribution in [3.8, 4) is 5.75 Å². The summed E-state index contributed by atoms with van der Waals surface area (Å²) >= 11 is 2.48. The maximum absolute atomic E-state index is 13.7. The third-order valence-electron chi connectivity index (χ3n) is 4.63. The summed E-state index contributed by atoms with van der Waals surface area (Å²) in [7, 11) is 1.59. The maximum Gasteiger partial charge on any atom is 0.309 e. The quantitative estimate of drug-likeness (QED) is 0.247. The van der Waals surface area contributed by atoms with Crippen LogP contribution in [-0.2, 0) is 0 Å². The second-order valence-electron chi connectivity index (χ2n) is 6.73. The number of methoxy groups -OCH3 is 1. The van der Waals surface area contributed by atoms with Crippen molar-refractivity contribution >= 4 is 60.4 Å². The molecule has 5 rings (SSSR count). The molecular formula is C23H15FN4O2S2. The second kappa shape index (κ2) is 8.45. The number of thiazole rings is 2. The Labute approximate surface area is 190 Å². The zero-order valence-corrected chi connectivity index (χ0v) is 18.4. The Hall–Kier alpha value is -3.69. The van der Waals surface area contributed by atoms with Crippen LogP contribution in [0.15, 0.2) is 71.8 Å². The van der Waals surface area contributed by atoms with Crippen LogP contribution in [0.4, 0.5) is 9.52 Å². The average molecular weight is 463 g/mol. The topological polar surface area (TPSA) is 67.7 Å². The van der Waals surface area contributed by atoms with Gasteiger partial charge in [0.25, 0.3) is 0 Å². The molecule has 0 fully saturated rings. The van der Waals surface area contributed by atoms with Crippen LogP contribution in [0, 0.1) is 5.82 Å². The molecule has 0 spiro atoms. The lowest BCUT2D eigenvalue weighted by Gasteiger charge is -2.11. The fraction of sp³-hybridized carbons (Fsp3) is 0.0435. The molecule has 158 valence electrons.